The summed E-state index contributed by atoms with van der Waals surface area (Å²) in [7, 11) is 1.04. The highest BCUT2D eigenvalue weighted by Gasteiger charge is 2.33. The predicted octanol–water partition coefficient (Wildman–Crippen LogP) is 0.761. The number of hydrogen-bond donors (Lipinski definition) is 2. The Hall–Kier alpha value is -3.54. The summed E-state index contributed by atoms with van der Waals surface area (Å²) in [6.45, 7) is 0. The van der Waals surface area contributed by atoms with Gasteiger partial charge in [-0.05, 0) is 22.0 Å². The standard InChI is InChI=1S/C15H9BrN4O7/c1-27-15(24)5-2-9(7(16)4-8(5)20(25)26)19-10(21)3-6-11(12(19)17)14(23)18-13(6)22/h2-4H,17H2,1H3,(H,18,22,23). The van der Waals surface area contributed by atoms with Crippen LogP contribution in [-0.2, 0) is 4.74 Å². The van der Waals surface area contributed by atoms with Gasteiger partial charge in [0.15, 0.2) is 0 Å². The van der Waals surface area contributed by atoms with Crippen molar-refractivity contribution in [3.63, 3.8) is 0 Å². The van der Waals surface area contributed by atoms with Crippen LogP contribution in [0.15, 0.2) is 27.5 Å². The molecule has 0 atom stereocenters. The zero-order valence-electron chi connectivity index (χ0n) is 13.4. The highest BCUT2D eigenvalue weighted by Crippen LogP contribution is 2.32. The Morgan fingerprint density at radius 2 is 1.93 bits per heavy atom. The first-order valence-corrected chi connectivity index (χ1v) is 7.94. The Balaban J connectivity index is 2.36. The molecule has 0 bridgehead atoms. The van der Waals surface area contributed by atoms with Crippen LogP contribution >= 0.6 is 15.9 Å². The fourth-order valence-electron chi connectivity index (χ4n) is 2.68. The first kappa shape index (κ1) is 18.3. The molecule has 3 N–H and O–H groups in total. The minimum atomic E-state index is -1.00. The van der Waals surface area contributed by atoms with Crippen LogP contribution in [0.1, 0.15) is 31.1 Å². The average Bonchev–Trinajstić information content (AvgIpc) is 2.88. The fraction of sp³-hybridized carbons (Fsp3) is 0.0667. The number of methoxy groups -OCH3 is 1. The Bertz CT molecular complexity index is 1120. The number of nitrogens with zero attached hydrogens (tertiary/aromatic N) is 2. The molecule has 1 aliphatic rings. The van der Waals surface area contributed by atoms with Crippen LogP contribution in [0.25, 0.3) is 5.69 Å². The summed E-state index contributed by atoms with van der Waals surface area (Å²) in [5.74, 6) is -2.90. The number of esters is 1. The number of pyridine rings is 1. The number of carbonyl (C=O) groups excluding carboxylic acids is 3. The molecule has 2 amide bonds. The van der Waals surface area contributed by atoms with Gasteiger partial charge in [-0.2, -0.15) is 0 Å². The second-order valence-electron chi connectivity index (χ2n) is 5.34. The van der Waals surface area contributed by atoms with Gasteiger partial charge < -0.3 is 10.5 Å². The SMILES string of the molecule is COC(=O)c1cc(-n2c(N)c3c(cc2=O)C(=O)NC3=O)c(Br)cc1[N+](=O)[O-]. The van der Waals surface area contributed by atoms with Crippen LogP contribution in [-0.4, -0.2) is 34.4 Å². The number of rotatable bonds is 3. The third-order valence-corrected chi connectivity index (χ3v) is 4.50. The van der Waals surface area contributed by atoms with Gasteiger partial charge in [-0.15, -0.1) is 0 Å². The Labute approximate surface area is 158 Å². The van der Waals surface area contributed by atoms with E-state index in [0.717, 1.165) is 29.9 Å². The number of nitrogen functional groups attached to an aromatic ring is 1. The number of hydrogen-bond acceptors (Lipinski definition) is 8. The molecule has 2 aromatic rings. The number of nitro groups is 1. The molecule has 0 spiro atoms. The molecule has 2 heterocycles. The lowest BCUT2D eigenvalue weighted by molar-refractivity contribution is -0.385. The van der Waals surface area contributed by atoms with Crippen LogP contribution < -0.4 is 16.6 Å². The number of carbonyl (C=O) groups is 3. The number of nitro benzene ring substituents is 1. The molecule has 0 saturated carbocycles. The first-order chi connectivity index (χ1) is 12.7. The van der Waals surface area contributed by atoms with Gasteiger partial charge in [0, 0.05) is 16.6 Å². The topological polar surface area (TPSA) is 164 Å². The maximum Gasteiger partial charge on any atom is 0.344 e. The number of ether oxygens (including phenoxy) is 1. The van der Waals surface area contributed by atoms with Crippen molar-refractivity contribution < 1.29 is 24.0 Å². The molecule has 0 saturated heterocycles. The Morgan fingerprint density at radius 1 is 1.26 bits per heavy atom. The lowest BCUT2D eigenvalue weighted by Gasteiger charge is -2.14. The molecule has 0 fully saturated rings. The number of halogens is 1. The number of aromatic nitrogens is 1. The van der Waals surface area contributed by atoms with E-state index in [-0.39, 0.29) is 27.1 Å². The molecule has 1 aliphatic heterocycles. The summed E-state index contributed by atoms with van der Waals surface area (Å²) in [6, 6.07) is 2.95. The van der Waals surface area contributed by atoms with Gasteiger partial charge in [0.25, 0.3) is 23.1 Å². The molecular weight excluding hydrogens is 428 g/mol. The number of nitrogens with two attached hydrogens (primary N) is 1. The maximum atomic E-state index is 12.5. The van der Waals surface area contributed by atoms with E-state index < -0.39 is 39.5 Å². The van der Waals surface area contributed by atoms with Crippen LogP contribution in [0.5, 0.6) is 0 Å². The van der Waals surface area contributed by atoms with E-state index in [2.05, 4.69) is 20.7 Å². The van der Waals surface area contributed by atoms with Gasteiger partial charge in [-0.1, -0.05) is 0 Å². The van der Waals surface area contributed by atoms with Gasteiger partial charge >= 0.3 is 5.97 Å². The third kappa shape index (κ3) is 2.75. The zero-order chi connectivity index (χ0) is 20.0. The van der Waals surface area contributed by atoms with E-state index in [1.807, 2.05) is 5.32 Å². The maximum absolute atomic E-state index is 12.5. The molecule has 1 aromatic heterocycles. The molecule has 0 aliphatic carbocycles. The van der Waals surface area contributed by atoms with Crippen LogP contribution in [0.4, 0.5) is 11.5 Å². The largest absolute Gasteiger partial charge is 0.465 e. The van der Waals surface area contributed by atoms with Gasteiger partial charge in [0.1, 0.15) is 11.4 Å². The van der Waals surface area contributed by atoms with Crippen molar-refractivity contribution in [3.05, 3.63) is 59.8 Å². The van der Waals surface area contributed by atoms with Crippen molar-refractivity contribution in [1.82, 2.24) is 9.88 Å². The molecule has 0 radical (unpaired) electrons. The fourth-order valence-corrected chi connectivity index (χ4v) is 3.18. The summed E-state index contributed by atoms with van der Waals surface area (Å²) in [5.41, 5.74) is 3.74. The van der Waals surface area contributed by atoms with Crippen LogP contribution in [0.2, 0.25) is 0 Å². The molecular formula is C15H9BrN4O7. The van der Waals surface area contributed by atoms with Gasteiger partial charge in [-0.25, -0.2) is 4.79 Å². The van der Waals surface area contributed by atoms with E-state index in [1.165, 1.54) is 0 Å². The summed E-state index contributed by atoms with van der Waals surface area (Å²) in [5, 5.41) is 13.2. The zero-order valence-corrected chi connectivity index (χ0v) is 15.0. The number of fused-ring (bicyclic) bond motifs is 1. The Morgan fingerprint density at radius 3 is 2.52 bits per heavy atom. The average molecular weight is 437 g/mol. The normalized spacial score (nSPS) is 12.5. The molecule has 3 rings (SSSR count). The number of anilines is 1. The monoisotopic (exact) mass is 436 g/mol. The van der Waals surface area contributed by atoms with Gasteiger partial charge in [0.2, 0.25) is 0 Å². The summed E-state index contributed by atoms with van der Waals surface area (Å²) in [4.78, 5) is 58.5. The molecule has 138 valence electrons. The van der Waals surface area contributed by atoms with Crippen molar-refractivity contribution >= 4 is 45.2 Å². The molecule has 27 heavy (non-hydrogen) atoms. The minimum absolute atomic E-state index is 0.0431. The van der Waals surface area contributed by atoms with Crippen molar-refractivity contribution in [2.24, 2.45) is 0 Å². The molecule has 12 heteroatoms. The smallest absolute Gasteiger partial charge is 0.344 e. The number of amides is 2. The second-order valence-corrected chi connectivity index (χ2v) is 6.20. The third-order valence-electron chi connectivity index (χ3n) is 3.86. The minimum Gasteiger partial charge on any atom is -0.465 e. The molecule has 0 unspecified atom stereocenters. The Kier molecular flexibility index (Phi) is 4.27. The molecule has 1 aromatic carbocycles. The van der Waals surface area contributed by atoms with Gasteiger partial charge in [-0.3, -0.25) is 34.4 Å². The predicted molar refractivity (Wildman–Crippen MR) is 93.9 cm³/mol. The summed E-state index contributed by atoms with van der Waals surface area (Å²) < 4.78 is 5.45. The van der Waals surface area contributed by atoms with Crippen molar-refractivity contribution in [1.29, 1.82) is 0 Å². The number of benzene rings is 1. The number of nitrogens with one attached hydrogen (secondary N) is 1. The van der Waals surface area contributed by atoms with Crippen LogP contribution in [0.3, 0.4) is 0 Å². The molecule has 11 nitrogen and oxygen atoms in total. The summed E-state index contributed by atoms with van der Waals surface area (Å²) >= 11 is 3.09. The second kappa shape index (κ2) is 6.32. The van der Waals surface area contributed by atoms with E-state index >= 15 is 0 Å². The summed E-state index contributed by atoms with van der Waals surface area (Å²) in [6.07, 6.45) is 0. The first-order valence-electron chi connectivity index (χ1n) is 7.15. The number of imide groups is 1. The highest BCUT2D eigenvalue weighted by atomic mass is 79.9. The van der Waals surface area contributed by atoms with Crippen molar-refractivity contribution in [2.75, 3.05) is 12.8 Å². The lowest BCUT2D eigenvalue weighted by Crippen LogP contribution is -2.24. The highest BCUT2D eigenvalue weighted by molar-refractivity contribution is 9.10. The van der Waals surface area contributed by atoms with E-state index in [0.29, 0.717) is 0 Å². The lowest BCUT2D eigenvalue weighted by atomic mass is 10.1. The van der Waals surface area contributed by atoms with Crippen molar-refractivity contribution in [3.8, 4) is 5.69 Å². The van der Waals surface area contributed by atoms with Crippen LogP contribution in [0, 0.1) is 10.1 Å². The van der Waals surface area contributed by atoms with E-state index in [4.69, 9.17) is 5.73 Å². The van der Waals surface area contributed by atoms with E-state index in [9.17, 15) is 29.3 Å². The van der Waals surface area contributed by atoms with E-state index in [1.54, 1.807) is 0 Å². The quantitative estimate of drug-likeness (QED) is 0.308. The van der Waals surface area contributed by atoms with Gasteiger partial charge in [0.05, 0.1) is 28.8 Å². The van der Waals surface area contributed by atoms with Crippen molar-refractivity contribution in [2.45, 2.75) is 0 Å².